The summed E-state index contributed by atoms with van der Waals surface area (Å²) in [5.41, 5.74) is 4.23. The van der Waals surface area contributed by atoms with Crippen LogP contribution < -0.4 is 5.32 Å². The third-order valence-corrected chi connectivity index (χ3v) is 6.51. The second-order valence-electron chi connectivity index (χ2n) is 9.33. The summed E-state index contributed by atoms with van der Waals surface area (Å²) in [5, 5.41) is 5.50. The topological polar surface area (TPSA) is 55.9 Å². The molecule has 1 fully saturated rings. The monoisotopic (exact) mass is 458 g/mol. The van der Waals surface area contributed by atoms with E-state index < -0.39 is 0 Å². The van der Waals surface area contributed by atoms with Crippen LogP contribution in [0.3, 0.4) is 0 Å². The van der Waals surface area contributed by atoms with Gasteiger partial charge in [-0.05, 0) is 54.4 Å². The fourth-order valence-electron chi connectivity index (χ4n) is 4.58. The lowest BCUT2D eigenvalue weighted by atomic mass is 10.1. The third kappa shape index (κ3) is 6.01. The highest BCUT2D eigenvalue weighted by molar-refractivity contribution is 5.93. The van der Waals surface area contributed by atoms with Crippen molar-refractivity contribution in [2.24, 2.45) is 0 Å². The van der Waals surface area contributed by atoms with E-state index >= 15 is 0 Å². The van der Waals surface area contributed by atoms with E-state index in [9.17, 15) is 9.59 Å². The normalized spacial score (nSPS) is 14.5. The van der Waals surface area contributed by atoms with Crippen molar-refractivity contribution in [3.8, 4) is 0 Å². The Hall–Kier alpha value is -3.22. The van der Waals surface area contributed by atoms with E-state index in [1.807, 2.05) is 56.1 Å². The van der Waals surface area contributed by atoms with Crippen molar-refractivity contribution < 1.29 is 9.59 Å². The van der Waals surface area contributed by atoms with Gasteiger partial charge < -0.3 is 10.2 Å². The molecular formula is C28H34N4O2. The van der Waals surface area contributed by atoms with Crippen LogP contribution in [-0.2, 0) is 16.1 Å². The summed E-state index contributed by atoms with van der Waals surface area (Å²) in [6.45, 7) is 8.19. The molecule has 0 aromatic heterocycles. The number of likely N-dealkylation sites (N-methyl/N-ethyl adjacent to an activating group) is 1. The lowest BCUT2D eigenvalue weighted by Gasteiger charge is -2.35. The number of fused-ring (bicyclic) bond motifs is 1. The van der Waals surface area contributed by atoms with Gasteiger partial charge in [-0.3, -0.25) is 19.4 Å². The summed E-state index contributed by atoms with van der Waals surface area (Å²) in [6.07, 6.45) is 0. The maximum Gasteiger partial charge on any atom is 0.238 e. The highest BCUT2D eigenvalue weighted by atomic mass is 16.2. The van der Waals surface area contributed by atoms with Crippen LogP contribution in [0.1, 0.15) is 16.7 Å². The van der Waals surface area contributed by atoms with Crippen molar-refractivity contribution in [2.45, 2.75) is 20.4 Å². The Morgan fingerprint density at radius 2 is 1.56 bits per heavy atom. The predicted octanol–water partition coefficient (Wildman–Crippen LogP) is 3.67. The Morgan fingerprint density at radius 1 is 0.882 bits per heavy atom. The van der Waals surface area contributed by atoms with Crippen molar-refractivity contribution in [3.05, 3.63) is 77.4 Å². The minimum atomic E-state index is -0.00713. The average molecular weight is 459 g/mol. The minimum Gasteiger partial charge on any atom is -0.339 e. The van der Waals surface area contributed by atoms with Crippen molar-refractivity contribution in [2.75, 3.05) is 51.6 Å². The molecule has 3 aromatic rings. The van der Waals surface area contributed by atoms with Crippen LogP contribution in [0.15, 0.2) is 60.7 Å². The Kier molecular flexibility index (Phi) is 7.60. The largest absolute Gasteiger partial charge is 0.339 e. The number of rotatable bonds is 7. The van der Waals surface area contributed by atoms with Gasteiger partial charge in [-0.1, -0.05) is 54.6 Å². The van der Waals surface area contributed by atoms with E-state index in [2.05, 4.69) is 45.4 Å². The number of anilines is 1. The highest BCUT2D eigenvalue weighted by Crippen LogP contribution is 2.19. The van der Waals surface area contributed by atoms with Crippen molar-refractivity contribution in [3.63, 3.8) is 0 Å². The van der Waals surface area contributed by atoms with Gasteiger partial charge in [-0.15, -0.1) is 0 Å². The summed E-state index contributed by atoms with van der Waals surface area (Å²) < 4.78 is 0. The number of hydrogen-bond donors (Lipinski definition) is 1. The first-order valence-electron chi connectivity index (χ1n) is 11.9. The molecule has 0 aliphatic carbocycles. The van der Waals surface area contributed by atoms with Crippen LogP contribution in [0.25, 0.3) is 10.8 Å². The number of piperazine rings is 1. The molecule has 6 heteroatoms. The maximum absolute atomic E-state index is 12.8. The Balaban J connectivity index is 1.22. The van der Waals surface area contributed by atoms with Crippen LogP contribution in [-0.4, -0.2) is 72.8 Å². The first-order valence-corrected chi connectivity index (χ1v) is 11.9. The number of amides is 2. The molecule has 0 spiro atoms. The molecule has 1 aliphatic rings. The maximum atomic E-state index is 12.8. The molecule has 0 unspecified atom stereocenters. The minimum absolute atomic E-state index is 0.00713. The molecule has 1 saturated heterocycles. The summed E-state index contributed by atoms with van der Waals surface area (Å²) in [5.74, 6) is 0.134. The number of carbonyl (C=O) groups excluding carboxylic acids is 2. The van der Waals surface area contributed by atoms with Crippen LogP contribution in [0.4, 0.5) is 5.69 Å². The van der Waals surface area contributed by atoms with E-state index in [0.717, 1.165) is 23.4 Å². The predicted molar refractivity (Wildman–Crippen MR) is 138 cm³/mol. The SMILES string of the molecule is Cc1cccc(C)c1NC(=O)CN1CCN(C(=O)CN(C)Cc2ccc3ccccc3c2)CC1. The molecule has 0 saturated carbocycles. The summed E-state index contributed by atoms with van der Waals surface area (Å²) in [7, 11) is 1.99. The highest BCUT2D eigenvalue weighted by Gasteiger charge is 2.23. The second-order valence-corrected chi connectivity index (χ2v) is 9.33. The van der Waals surface area contributed by atoms with Gasteiger partial charge in [0.15, 0.2) is 0 Å². The number of aryl methyl sites for hydroxylation is 2. The first kappa shape index (κ1) is 23.9. The van der Waals surface area contributed by atoms with Gasteiger partial charge in [0.05, 0.1) is 13.1 Å². The summed E-state index contributed by atoms with van der Waals surface area (Å²) in [4.78, 5) is 31.5. The fraction of sp³-hybridized carbons (Fsp3) is 0.357. The van der Waals surface area contributed by atoms with E-state index in [4.69, 9.17) is 0 Å². The van der Waals surface area contributed by atoms with Gasteiger partial charge in [0.2, 0.25) is 11.8 Å². The van der Waals surface area contributed by atoms with Gasteiger partial charge in [-0.2, -0.15) is 0 Å². The molecule has 178 valence electrons. The van der Waals surface area contributed by atoms with E-state index in [1.54, 1.807) is 0 Å². The molecular weight excluding hydrogens is 424 g/mol. The zero-order chi connectivity index (χ0) is 24.1. The average Bonchev–Trinajstić information content (AvgIpc) is 2.82. The van der Waals surface area contributed by atoms with Crippen molar-refractivity contribution >= 4 is 28.3 Å². The smallest absolute Gasteiger partial charge is 0.238 e. The van der Waals surface area contributed by atoms with Crippen LogP contribution >= 0.6 is 0 Å². The zero-order valence-corrected chi connectivity index (χ0v) is 20.4. The van der Waals surface area contributed by atoms with Crippen LogP contribution in [0, 0.1) is 13.8 Å². The molecule has 1 N–H and O–H groups in total. The molecule has 0 bridgehead atoms. The molecule has 34 heavy (non-hydrogen) atoms. The quantitative estimate of drug-likeness (QED) is 0.587. The number of nitrogens with zero attached hydrogens (tertiary/aromatic N) is 3. The lowest BCUT2D eigenvalue weighted by Crippen LogP contribution is -2.52. The van der Waals surface area contributed by atoms with Crippen molar-refractivity contribution in [1.82, 2.24) is 14.7 Å². The molecule has 0 radical (unpaired) electrons. The Bertz CT molecular complexity index is 1150. The van der Waals surface area contributed by atoms with Gasteiger partial charge >= 0.3 is 0 Å². The summed E-state index contributed by atoms with van der Waals surface area (Å²) >= 11 is 0. The summed E-state index contributed by atoms with van der Waals surface area (Å²) in [6, 6.07) is 20.8. The van der Waals surface area contributed by atoms with Crippen molar-refractivity contribution in [1.29, 1.82) is 0 Å². The zero-order valence-electron chi connectivity index (χ0n) is 20.4. The second kappa shape index (κ2) is 10.8. The molecule has 3 aromatic carbocycles. The van der Waals surface area contributed by atoms with Crippen LogP contribution in [0.2, 0.25) is 0 Å². The molecule has 6 nitrogen and oxygen atoms in total. The number of benzene rings is 3. The fourth-order valence-corrected chi connectivity index (χ4v) is 4.58. The first-order chi connectivity index (χ1) is 16.4. The molecule has 1 aliphatic heterocycles. The molecule has 0 atom stereocenters. The lowest BCUT2D eigenvalue weighted by molar-refractivity contribution is -0.134. The number of hydrogen-bond acceptors (Lipinski definition) is 4. The van der Waals surface area contributed by atoms with Gasteiger partial charge in [0.25, 0.3) is 0 Å². The number of nitrogens with one attached hydrogen (secondary N) is 1. The van der Waals surface area contributed by atoms with Crippen LogP contribution in [0.5, 0.6) is 0 Å². The van der Waals surface area contributed by atoms with Gasteiger partial charge in [-0.25, -0.2) is 0 Å². The molecule has 4 rings (SSSR count). The standard InChI is InChI=1S/C28H34N4O2/c1-21-7-6-8-22(2)28(21)29-26(33)19-31-13-15-32(16-14-31)27(34)20-30(3)18-23-11-12-24-9-4-5-10-25(24)17-23/h4-12,17H,13-16,18-20H2,1-3H3,(H,29,33). The van der Waals surface area contributed by atoms with E-state index in [1.165, 1.54) is 16.3 Å². The van der Waals surface area contributed by atoms with E-state index in [0.29, 0.717) is 39.3 Å². The Labute approximate surface area is 202 Å². The molecule has 2 amide bonds. The molecule has 1 heterocycles. The number of para-hydroxylation sites is 1. The van der Waals surface area contributed by atoms with Gasteiger partial charge in [0.1, 0.15) is 0 Å². The van der Waals surface area contributed by atoms with E-state index in [-0.39, 0.29) is 11.8 Å². The number of carbonyl (C=O) groups is 2. The third-order valence-electron chi connectivity index (χ3n) is 6.51. The van der Waals surface area contributed by atoms with Gasteiger partial charge in [0, 0.05) is 38.4 Å². The Morgan fingerprint density at radius 3 is 2.26 bits per heavy atom.